The Labute approximate surface area is 109 Å². The van der Waals surface area contributed by atoms with Crippen molar-refractivity contribution in [3.8, 4) is 0 Å². The zero-order chi connectivity index (χ0) is 13.0. The fourth-order valence-electron chi connectivity index (χ4n) is 2.25. The molecule has 0 spiro atoms. The highest BCUT2D eigenvalue weighted by atomic mass is 16.5. The molecule has 0 amide bonds. The minimum absolute atomic E-state index is 0.614. The fraction of sp³-hybridized carbons (Fsp3) is 0.769. The van der Waals surface area contributed by atoms with Crippen LogP contribution in [0.25, 0.3) is 0 Å². The van der Waals surface area contributed by atoms with Crippen LogP contribution in [0.4, 0.5) is 0 Å². The van der Waals surface area contributed by atoms with Gasteiger partial charge < -0.3 is 14.7 Å². The topological polar surface area (TPSA) is 44.5 Å². The van der Waals surface area contributed by atoms with Gasteiger partial charge in [0, 0.05) is 38.3 Å². The predicted octanol–water partition coefficient (Wildman–Crippen LogP) is 0.920. The summed E-state index contributed by atoms with van der Waals surface area (Å²) < 4.78 is 5.38. The molecule has 0 saturated carbocycles. The normalized spacial score (nSPS) is 22.5. The molecule has 0 aromatic carbocycles. The van der Waals surface area contributed by atoms with Crippen LogP contribution in [-0.4, -0.2) is 54.2 Å². The molecule has 0 radical (unpaired) electrons. The van der Waals surface area contributed by atoms with Crippen LogP contribution in [0.15, 0.2) is 10.6 Å². The molecule has 1 aliphatic heterocycles. The average molecular weight is 252 g/mol. The molecule has 1 aromatic rings. The van der Waals surface area contributed by atoms with Crippen LogP contribution >= 0.6 is 0 Å². The lowest BCUT2D eigenvalue weighted by Gasteiger charge is -2.37. The van der Waals surface area contributed by atoms with Crippen molar-refractivity contribution < 1.29 is 4.52 Å². The highest BCUT2D eigenvalue weighted by Crippen LogP contribution is 2.12. The number of piperazine rings is 1. The van der Waals surface area contributed by atoms with E-state index in [1.165, 1.54) is 0 Å². The van der Waals surface area contributed by atoms with E-state index in [4.69, 9.17) is 4.52 Å². The van der Waals surface area contributed by atoms with Gasteiger partial charge in [-0.25, -0.2) is 0 Å². The van der Waals surface area contributed by atoms with Crippen molar-refractivity contribution in [3.63, 3.8) is 0 Å². The Morgan fingerprint density at radius 2 is 2.33 bits per heavy atom. The molecule has 5 heteroatoms. The number of rotatable bonds is 5. The van der Waals surface area contributed by atoms with Gasteiger partial charge in [0.25, 0.3) is 0 Å². The molecular weight excluding hydrogens is 228 g/mol. The van der Waals surface area contributed by atoms with E-state index < -0.39 is 0 Å². The number of hydrogen-bond acceptors (Lipinski definition) is 5. The number of hydrogen-bond donors (Lipinski definition) is 1. The Hall–Kier alpha value is -0.910. The van der Waals surface area contributed by atoms with Crippen molar-refractivity contribution in [3.05, 3.63) is 17.5 Å². The van der Waals surface area contributed by atoms with E-state index in [-0.39, 0.29) is 0 Å². The zero-order valence-electron chi connectivity index (χ0n) is 11.6. The molecule has 1 atom stereocenters. The second-order valence-electron chi connectivity index (χ2n) is 5.13. The van der Waals surface area contributed by atoms with Crippen molar-refractivity contribution in [1.29, 1.82) is 0 Å². The molecule has 5 nitrogen and oxygen atoms in total. The smallest absolute Gasteiger partial charge is 0.151 e. The molecule has 0 bridgehead atoms. The van der Waals surface area contributed by atoms with Crippen molar-refractivity contribution in [2.24, 2.45) is 0 Å². The summed E-state index contributed by atoms with van der Waals surface area (Å²) in [6, 6.07) is 2.67. The number of nitrogens with zero attached hydrogens (tertiary/aromatic N) is 3. The van der Waals surface area contributed by atoms with Crippen molar-refractivity contribution in [2.45, 2.75) is 33.0 Å². The minimum Gasteiger partial charge on any atom is -0.360 e. The summed E-state index contributed by atoms with van der Waals surface area (Å²) >= 11 is 0. The van der Waals surface area contributed by atoms with E-state index >= 15 is 0 Å². The molecular formula is C13H24N4O. The number of aromatic nitrogens is 1. The highest BCUT2D eigenvalue weighted by Gasteiger charge is 2.21. The maximum absolute atomic E-state index is 5.38. The Balaban J connectivity index is 1.84. The van der Waals surface area contributed by atoms with Gasteiger partial charge in [-0.05, 0) is 20.5 Å². The Bertz CT molecular complexity index is 366. The maximum atomic E-state index is 5.38. The van der Waals surface area contributed by atoms with Crippen LogP contribution in [0.2, 0.25) is 0 Å². The van der Waals surface area contributed by atoms with Crippen LogP contribution in [0, 0.1) is 0 Å². The van der Waals surface area contributed by atoms with Crippen LogP contribution in [0.5, 0.6) is 0 Å². The molecule has 1 unspecified atom stereocenters. The van der Waals surface area contributed by atoms with E-state index in [0.717, 1.165) is 50.7 Å². The Morgan fingerprint density at radius 3 is 3.06 bits per heavy atom. The molecule has 1 saturated heterocycles. The van der Waals surface area contributed by atoms with Gasteiger partial charge in [0.05, 0.1) is 12.2 Å². The van der Waals surface area contributed by atoms with Gasteiger partial charge in [-0.3, -0.25) is 4.90 Å². The number of likely N-dealkylation sites (N-methyl/N-ethyl adjacent to an activating group) is 1. The van der Waals surface area contributed by atoms with Crippen molar-refractivity contribution >= 4 is 0 Å². The van der Waals surface area contributed by atoms with Crippen LogP contribution in [0.3, 0.4) is 0 Å². The summed E-state index contributed by atoms with van der Waals surface area (Å²) in [6.45, 7) is 10.3. The molecule has 2 rings (SSSR count). The summed E-state index contributed by atoms with van der Waals surface area (Å²) in [5.41, 5.74) is 0.994. The van der Waals surface area contributed by atoms with Gasteiger partial charge in [-0.15, -0.1) is 0 Å². The van der Waals surface area contributed by atoms with Crippen LogP contribution in [0.1, 0.15) is 25.3 Å². The van der Waals surface area contributed by atoms with Crippen molar-refractivity contribution in [1.82, 2.24) is 20.3 Å². The summed E-state index contributed by atoms with van der Waals surface area (Å²) in [5.74, 6) is 0.972. The van der Waals surface area contributed by atoms with Crippen LogP contribution < -0.4 is 5.32 Å². The lowest BCUT2D eigenvalue weighted by molar-refractivity contribution is 0.0927. The first-order valence-electron chi connectivity index (χ1n) is 6.76. The van der Waals surface area contributed by atoms with E-state index in [9.17, 15) is 0 Å². The van der Waals surface area contributed by atoms with Gasteiger partial charge in [0.1, 0.15) is 0 Å². The van der Waals surface area contributed by atoms with E-state index in [2.05, 4.69) is 47.2 Å². The lowest BCUT2D eigenvalue weighted by atomic mass is 10.2. The summed E-state index contributed by atoms with van der Waals surface area (Å²) in [7, 11) is 2.19. The Kier molecular flexibility index (Phi) is 4.74. The standard InChI is InChI=1S/C13H24N4O/c1-4-14-8-12-7-13(18-15-12)10-17-6-5-16(3)11(2)9-17/h7,11,14H,4-6,8-10H2,1-3H3. The average Bonchev–Trinajstić information content (AvgIpc) is 2.79. The second kappa shape index (κ2) is 6.31. The molecule has 1 N–H and O–H groups in total. The third kappa shape index (κ3) is 3.54. The monoisotopic (exact) mass is 252 g/mol. The van der Waals surface area contributed by atoms with Gasteiger partial charge >= 0.3 is 0 Å². The van der Waals surface area contributed by atoms with Gasteiger partial charge in [-0.2, -0.15) is 0 Å². The van der Waals surface area contributed by atoms with E-state index in [1.807, 2.05) is 0 Å². The summed E-state index contributed by atoms with van der Waals surface area (Å²) in [5, 5.41) is 7.33. The van der Waals surface area contributed by atoms with Gasteiger partial charge in [0.2, 0.25) is 0 Å². The maximum Gasteiger partial charge on any atom is 0.151 e. The summed E-state index contributed by atoms with van der Waals surface area (Å²) in [4.78, 5) is 4.83. The van der Waals surface area contributed by atoms with Crippen LogP contribution in [-0.2, 0) is 13.1 Å². The van der Waals surface area contributed by atoms with Crippen molar-refractivity contribution in [2.75, 3.05) is 33.2 Å². The SMILES string of the molecule is CCNCc1cc(CN2CCN(C)C(C)C2)on1. The fourth-order valence-corrected chi connectivity index (χ4v) is 2.25. The highest BCUT2D eigenvalue weighted by molar-refractivity contribution is 5.05. The first kappa shape index (κ1) is 13.5. The lowest BCUT2D eigenvalue weighted by Crippen LogP contribution is -2.49. The van der Waals surface area contributed by atoms with Gasteiger partial charge in [-0.1, -0.05) is 12.1 Å². The third-order valence-electron chi connectivity index (χ3n) is 3.59. The first-order valence-corrected chi connectivity index (χ1v) is 6.76. The second-order valence-corrected chi connectivity index (χ2v) is 5.13. The largest absolute Gasteiger partial charge is 0.360 e. The number of nitrogens with one attached hydrogen (secondary N) is 1. The molecule has 1 aromatic heterocycles. The van der Waals surface area contributed by atoms with Gasteiger partial charge in [0.15, 0.2) is 5.76 Å². The zero-order valence-corrected chi connectivity index (χ0v) is 11.6. The third-order valence-corrected chi connectivity index (χ3v) is 3.59. The molecule has 1 fully saturated rings. The predicted molar refractivity (Wildman–Crippen MR) is 71.3 cm³/mol. The molecule has 1 aliphatic rings. The first-order chi connectivity index (χ1) is 8.69. The molecule has 102 valence electrons. The quantitative estimate of drug-likeness (QED) is 0.844. The summed E-state index contributed by atoms with van der Waals surface area (Å²) in [6.07, 6.45) is 0. The van der Waals surface area contributed by atoms with E-state index in [0.29, 0.717) is 6.04 Å². The molecule has 2 heterocycles. The minimum atomic E-state index is 0.614. The van der Waals surface area contributed by atoms with E-state index in [1.54, 1.807) is 0 Å². The molecule has 0 aliphatic carbocycles. The molecule has 18 heavy (non-hydrogen) atoms. The Morgan fingerprint density at radius 1 is 1.50 bits per heavy atom.